The molecule has 0 spiro atoms. The number of rotatable bonds is 13. The van der Waals surface area contributed by atoms with E-state index < -0.39 is 11.2 Å². The number of carbonyl (C=O) groups is 2. The first-order chi connectivity index (χ1) is 16.5. The summed E-state index contributed by atoms with van der Waals surface area (Å²) in [5.74, 6) is 0.469. The summed E-state index contributed by atoms with van der Waals surface area (Å²) in [4.78, 5) is 26.4. The van der Waals surface area contributed by atoms with E-state index in [0.717, 1.165) is 30.8 Å². The highest BCUT2D eigenvalue weighted by molar-refractivity contribution is 5.79. The van der Waals surface area contributed by atoms with Gasteiger partial charge in [0.2, 0.25) is 0 Å². The maximum atomic E-state index is 12.1. The van der Waals surface area contributed by atoms with E-state index in [1.54, 1.807) is 41.5 Å². The maximum absolute atomic E-state index is 12.1. The van der Waals surface area contributed by atoms with Crippen molar-refractivity contribution in [3.8, 4) is 11.5 Å². The number of nitrogens with zero attached hydrogens (tertiary/aromatic N) is 1. The number of carbonyl (C=O) groups excluding carboxylic acids is 2. The van der Waals surface area contributed by atoms with E-state index in [1.165, 1.54) is 0 Å². The Balaban J connectivity index is 1.96. The molecule has 0 radical (unpaired) electrons. The summed E-state index contributed by atoms with van der Waals surface area (Å²) < 4.78 is 21.8. The highest BCUT2D eigenvalue weighted by atomic mass is 16.6. The lowest BCUT2D eigenvalue weighted by Gasteiger charge is -2.25. The summed E-state index contributed by atoms with van der Waals surface area (Å²) in [7, 11) is 0. The second kappa shape index (κ2) is 12.6. The molecule has 0 amide bonds. The predicted molar refractivity (Wildman–Crippen MR) is 135 cm³/mol. The summed E-state index contributed by atoms with van der Waals surface area (Å²) in [5.41, 5.74) is 0.191. The molecular formula is C28H39NO6. The first-order valence-corrected chi connectivity index (χ1v) is 12.1. The van der Waals surface area contributed by atoms with Crippen molar-refractivity contribution in [3.63, 3.8) is 0 Å². The molecule has 0 heterocycles. The Hall–Kier alpha value is -3.06. The van der Waals surface area contributed by atoms with Gasteiger partial charge in [-0.25, -0.2) is 9.59 Å². The number of benzene rings is 2. The number of esters is 2. The molecule has 0 N–H and O–H groups in total. The minimum atomic E-state index is -1.05. The lowest BCUT2D eigenvalue weighted by atomic mass is 10.1. The van der Waals surface area contributed by atoms with E-state index in [0.29, 0.717) is 24.7 Å². The lowest BCUT2D eigenvalue weighted by molar-refractivity contribution is -0.159. The van der Waals surface area contributed by atoms with Crippen molar-refractivity contribution < 1.29 is 28.5 Å². The smallest absolute Gasteiger partial charge is 0.349 e. The summed E-state index contributed by atoms with van der Waals surface area (Å²) >= 11 is 0. The van der Waals surface area contributed by atoms with Crippen molar-refractivity contribution in [2.24, 2.45) is 0 Å². The number of ether oxygens (including phenoxy) is 4. The van der Waals surface area contributed by atoms with Crippen molar-refractivity contribution >= 4 is 11.9 Å². The second-order valence-corrected chi connectivity index (χ2v) is 9.26. The van der Waals surface area contributed by atoms with Crippen LogP contribution in [-0.2, 0) is 32.2 Å². The molecule has 192 valence electrons. The van der Waals surface area contributed by atoms with Gasteiger partial charge in [-0.1, -0.05) is 31.2 Å². The van der Waals surface area contributed by atoms with Gasteiger partial charge in [-0.15, -0.1) is 0 Å². The summed E-state index contributed by atoms with van der Waals surface area (Å²) in [5, 5.41) is 0. The molecule has 0 bridgehead atoms. The average molecular weight is 486 g/mol. The fourth-order valence-electron chi connectivity index (χ4n) is 3.40. The Morgan fingerprint density at radius 3 is 1.29 bits per heavy atom. The molecule has 2 aromatic carbocycles. The Morgan fingerprint density at radius 2 is 1.00 bits per heavy atom. The van der Waals surface area contributed by atoms with Gasteiger partial charge in [-0.2, -0.15) is 0 Å². The molecule has 0 saturated heterocycles. The fourth-order valence-corrected chi connectivity index (χ4v) is 3.40. The van der Waals surface area contributed by atoms with Crippen LogP contribution in [0.3, 0.4) is 0 Å². The molecule has 0 aromatic heterocycles. The molecule has 0 aliphatic carbocycles. The Morgan fingerprint density at radius 1 is 0.657 bits per heavy atom. The topological polar surface area (TPSA) is 74.3 Å². The SMILES string of the molecule is CCOC(=O)C(C)(C)Oc1ccc(CN(CC)Cc2ccc(OC(C)(C)C(=O)OCC)cc2)cc1. The molecule has 0 fully saturated rings. The van der Waals surface area contributed by atoms with Crippen LogP contribution in [0.5, 0.6) is 11.5 Å². The minimum Gasteiger partial charge on any atom is -0.476 e. The van der Waals surface area contributed by atoms with Crippen LogP contribution < -0.4 is 9.47 Å². The van der Waals surface area contributed by atoms with Crippen LogP contribution in [0.4, 0.5) is 0 Å². The molecule has 2 rings (SSSR count). The zero-order chi connectivity index (χ0) is 26.1. The van der Waals surface area contributed by atoms with Crippen molar-refractivity contribution in [1.29, 1.82) is 0 Å². The first-order valence-electron chi connectivity index (χ1n) is 12.1. The van der Waals surface area contributed by atoms with Gasteiger partial charge in [0.1, 0.15) is 11.5 Å². The van der Waals surface area contributed by atoms with Gasteiger partial charge >= 0.3 is 11.9 Å². The minimum absolute atomic E-state index is 0.318. The zero-order valence-corrected chi connectivity index (χ0v) is 22.1. The highest BCUT2D eigenvalue weighted by Gasteiger charge is 2.32. The standard InChI is InChI=1S/C28H39NO6/c1-8-29(19-21-11-15-23(16-12-21)34-27(4,5)25(30)32-9-2)20-22-13-17-24(18-14-22)35-28(6,7)26(31)33-10-3/h11-18H,8-10,19-20H2,1-7H3. The lowest BCUT2D eigenvalue weighted by Crippen LogP contribution is -2.39. The molecule has 0 unspecified atom stereocenters. The van der Waals surface area contributed by atoms with Gasteiger partial charge in [-0.05, 0) is 83.5 Å². The molecule has 7 nitrogen and oxygen atoms in total. The zero-order valence-electron chi connectivity index (χ0n) is 22.1. The fraction of sp³-hybridized carbons (Fsp3) is 0.500. The van der Waals surface area contributed by atoms with Gasteiger partial charge in [0.25, 0.3) is 0 Å². The van der Waals surface area contributed by atoms with Gasteiger partial charge in [-0.3, -0.25) is 4.90 Å². The van der Waals surface area contributed by atoms with Crippen LogP contribution in [0.25, 0.3) is 0 Å². The average Bonchev–Trinajstić information content (AvgIpc) is 2.81. The number of hydrogen-bond acceptors (Lipinski definition) is 7. The maximum Gasteiger partial charge on any atom is 0.349 e. The van der Waals surface area contributed by atoms with Gasteiger partial charge in [0, 0.05) is 13.1 Å². The van der Waals surface area contributed by atoms with E-state index in [4.69, 9.17) is 18.9 Å². The molecular weight excluding hydrogens is 446 g/mol. The van der Waals surface area contributed by atoms with Crippen molar-refractivity contribution in [3.05, 3.63) is 59.7 Å². The Bertz CT molecular complexity index is 873. The highest BCUT2D eigenvalue weighted by Crippen LogP contribution is 2.23. The first kappa shape index (κ1) is 28.2. The summed E-state index contributed by atoms with van der Waals surface area (Å²) in [6.07, 6.45) is 0. The van der Waals surface area contributed by atoms with Gasteiger partial charge in [0.15, 0.2) is 11.2 Å². The summed E-state index contributed by atoms with van der Waals surface area (Å²) in [6, 6.07) is 15.5. The van der Waals surface area contributed by atoms with Crippen molar-refractivity contribution in [2.75, 3.05) is 19.8 Å². The van der Waals surface area contributed by atoms with E-state index >= 15 is 0 Å². The Labute approximate surface area is 209 Å². The van der Waals surface area contributed by atoms with Crippen LogP contribution in [-0.4, -0.2) is 47.8 Å². The molecule has 35 heavy (non-hydrogen) atoms. The number of hydrogen-bond donors (Lipinski definition) is 0. The van der Waals surface area contributed by atoms with Crippen molar-refractivity contribution in [1.82, 2.24) is 4.90 Å². The third-order valence-corrected chi connectivity index (χ3v) is 5.39. The quantitative estimate of drug-likeness (QED) is 0.363. The molecule has 0 saturated carbocycles. The van der Waals surface area contributed by atoms with Crippen LogP contribution in [0.15, 0.2) is 48.5 Å². The third-order valence-electron chi connectivity index (χ3n) is 5.39. The van der Waals surface area contributed by atoms with Crippen LogP contribution >= 0.6 is 0 Å². The Kier molecular flexibility index (Phi) is 10.1. The van der Waals surface area contributed by atoms with E-state index in [2.05, 4.69) is 11.8 Å². The summed E-state index contributed by atoms with van der Waals surface area (Å²) in [6.45, 7) is 15.5. The third kappa shape index (κ3) is 8.58. The monoisotopic (exact) mass is 485 g/mol. The molecule has 2 aromatic rings. The van der Waals surface area contributed by atoms with E-state index in [9.17, 15) is 9.59 Å². The molecule has 0 aliphatic rings. The van der Waals surface area contributed by atoms with E-state index in [-0.39, 0.29) is 11.9 Å². The molecule has 0 aliphatic heterocycles. The predicted octanol–water partition coefficient (Wildman–Crippen LogP) is 5.15. The largest absolute Gasteiger partial charge is 0.476 e. The second-order valence-electron chi connectivity index (χ2n) is 9.26. The van der Waals surface area contributed by atoms with Crippen LogP contribution in [0.1, 0.15) is 59.6 Å². The normalized spacial score (nSPS) is 11.8. The van der Waals surface area contributed by atoms with Crippen LogP contribution in [0.2, 0.25) is 0 Å². The van der Waals surface area contributed by atoms with Crippen molar-refractivity contribution in [2.45, 2.75) is 72.8 Å². The van der Waals surface area contributed by atoms with Gasteiger partial charge in [0.05, 0.1) is 13.2 Å². The van der Waals surface area contributed by atoms with Gasteiger partial charge < -0.3 is 18.9 Å². The molecule has 0 atom stereocenters. The molecule has 7 heteroatoms. The van der Waals surface area contributed by atoms with E-state index in [1.807, 2.05) is 48.5 Å². The van der Waals surface area contributed by atoms with Crippen LogP contribution in [0, 0.1) is 0 Å².